The lowest BCUT2D eigenvalue weighted by molar-refractivity contribution is -0.131. The summed E-state index contributed by atoms with van der Waals surface area (Å²) in [6.45, 7) is 3.35. The molecule has 0 atom stereocenters. The molecule has 2 aromatic carbocycles. The molecule has 0 saturated heterocycles. The summed E-state index contributed by atoms with van der Waals surface area (Å²) in [7, 11) is 0. The molecule has 4 aromatic rings. The van der Waals surface area contributed by atoms with Crippen LogP contribution in [0.25, 0.3) is 16.9 Å². The van der Waals surface area contributed by atoms with E-state index in [2.05, 4.69) is 20.7 Å². The Bertz CT molecular complexity index is 1510. The van der Waals surface area contributed by atoms with E-state index in [1.807, 2.05) is 19.9 Å². The van der Waals surface area contributed by atoms with E-state index in [0.29, 0.717) is 32.5 Å². The Balaban J connectivity index is 1.53. The van der Waals surface area contributed by atoms with E-state index in [9.17, 15) is 22.4 Å². The number of nitrogens with one attached hydrogen (secondary N) is 2. The van der Waals surface area contributed by atoms with Crippen molar-refractivity contribution >= 4 is 29.0 Å². The molecule has 0 radical (unpaired) electrons. The number of halogens is 4. The number of carbonyl (C=O) groups is 1. The fourth-order valence-electron chi connectivity index (χ4n) is 4.03. The quantitative estimate of drug-likeness (QED) is 0.246. The van der Waals surface area contributed by atoms with E-state index in [1.165, 1.54) is 23.9 Å². The molecule has 1 aliphatic carbocycles. The van der Waals surface area contributed by atoms with Crippen molar-refractivity contribution in [2.75, 3.05) is 11.9 Å². The van der Waals surface area contributed by atoms with Crippen molar-refractivity contribution in [1.29, 1.82) is 0 Å². The third kappa shape index (κ3) is 5.93. The molecule has 1 amide bonds. The number of carbonyl (C=O) groups excluding carboxylic acids is 1. The fraction of sp³-hybridized carbons (Fsp3) is 0.296. The van der Waals surface area contributed by atoms with Gasteiger partial charge in [0.05, 0.1) is 24.0 Å². The number of hydrogen-bond acceptors (Lipinski definition) is 5. The minimum Gasteiger partial charge on any atom is -0.382 e. The van der Waals surface area contributed by atoms with E-state index in [4.69, 9.17) is 0 Å². The van der Waals surface area contributed by atoms with Crippen LogP contribution in [0.2, 0.25) is 0 Å². The van der Waals surface area contributed by atoms with E-state index in [1.54, 1.807) is 35.0 Å². The normalized spacial score (nSPS) is 13.6. The third-order valence-corrected chi connectivity index (χ3v) is 7.28. The molecule has 11 heteroatoms. The van der Waals surface area contributed by atoms with Gasteiger partial charge in [0.25, 0.3) is 5.91 Å². The van der Waals surface area contributed by atoms with Crippen molar-refractivity contribution in [1.82, 2.24) is 19.9 Å². The Hall–Kier alpha value is -3.60. The predicted molar refractivity (Wildman–Crippen MR) is 138 cm³/mol. The number of nitrogens with zero attached hydrogens (tertiary/aromatic N) is 3. The van der Waals surface area contributed by atoms with E-state index >= 15 is 0 Å². The molecule has 0 spiro atoms. The molecule has 0 bridgehead atoms. The number of amides is 1. The van der Waals surface area contributed by atoms with Crippen LogP contribution in [-0.2, 0) is 0 Å². The van der Waals surface area contributed by atoms with Crippen molar-refractivity contribution in [3.63, 3.8) is 0 Å². The van der Waals surface area contributed by atoms with Gasteiger partial charge in [0.15, 0.2) is 5.65 Å². The highest BCUT2D eigenvalue weighted by molar-refractivity contribution is 7.99. The first-order chi connectivity index (χ1) is 18.1. The molecule has 0 unspecified atom stereocenters. The van der Waals surface area contributed by atoms with E-state index < -0.39 is 18.4 Å². The van der Waals surface area contributed by atoms with Crippen molar-refractivity contribution in [2.45, 2.75) is 55.2 Å². The predicted octanol–water partition coefficient (Wildman–Crippen LogP) is 6.56. The zero-order valence-electron chi connectivity index (χ0n) is 20.7. The molecule has 38 heavy (non-hydrogen) atoms. The maximum Gasteiger partial charge on any atom is 0.390 e. The number of rotatable bonds is 8. The van der Waals surface area contributed by atoms with Gasteiger partial charge in [-0.05, 0) is 68.1 Å². The first-order valence-electron chi connectivity index (χ1n) is 12.1. The Morgan fingerprint density at radius 3 is 2.61 bits per heavy atom. The van der Waals surface area contributed by atoms with Gasteiger partial charge in [0.1, 0.15) is 10.8 Å². The Kier molecular flexibility index (Phi) is 7.04. The van der Waals surface area contributed by atoms with Gasteiger partial charge in [-0.3, -0.25) is 4.79 Å². The third-order valence-electron chi connectivity index (χ3n) is 6.21. The van der Waals surface area contributed by atoms with Gasteiger partial charge >= 0.3 is 6.18 Å². The summed E-state index contributed by atoms with van der Waals surface area (Å²) < 4.78 is 53.9. The van der Waals surface area contributed by atoms with E-state index in [0.717, 1.165) is 29.5 Å². The Labute approximate surface area is 220 Å². The second kappa shape index (κ2) is 10.3. The SMILES string of the molecule is Cc1ccc(F)cc1Sc1cc(NCCC(F)(F)F)c2ncc(-c3ccc(C(=O)NC4CC4)c(C)c3)n2n1. The Morgan fingerprint density at radius 2 is 1.89 bits per heavy atom. The van der Waals surface area contributed by atoms with Crippen LogP contribution >= 0.6 is 11.8 Å². The number of aryl methyl sites for hydroxylation is 2. The first-order valence-corrected chi connectivity index (χ1v) is 12.9. The van der Waals surface area contributed by atoms with Crippen LogP contribution < -0.4 is 10.6 Å². The van der Waals surface area contributed by atoms with Gasteiger partial charge in [-0.25, -0.2) is 13.9 Å². The monoisotopic (exact) mass is 543 g/mol. The first kappa shape index (κ1) is 26.0. The zero-order valence-corrected chi connectivity index (χ0v) is 21.5. The number of benzene rings is 2. The number of hydrogen-bond donors (Lipinski definition) is 2. The van der Waals surface area contributed by atoms with Crippen LogP contribution in [0.15, 0.2) is 58.6 Å². The minimum atomic E-state index is -4.31. The number of imidazole rings is 1. The highest BCUT2D eigenvalue weighted by Crippen LogP contribution is 2.34. The molecule has 6 nitrogen and oxygen atoms in total. The highest BCUT2D eigenvalue weighted by atomic mass is 32.2. The molecular weight excluding hydrogens is 518 g/mol. The molecule has 2 N–H and O–H groups in total. The van der Waals surface area contributed by atoms with Crippen molar-refractivity contribution < 1.29 is 22.4 Å². The standard InChI is InChI=1S/C27H25F4N5OS/c1-15-3-5-18(28)12-23(15)38-24-13-21(32-10-9-27(29,30)31)25-33-14-22(36(25)35-24)17-4-8-20(16(2)11-17)26(37)34-19-6-7-19/h3-5,8,11-14,19,32H,6-7,9-10H2,1-2H3,(H,34,37). The lowest BCUT2D eigenvalue weighted by Gasteiger charge is -2.13. The van der Waals surface area contributed by atoms with Crippen LogP contribution in [-0.4, -0.2) is 39.3 Å². The van der Waals surface area contributed by atoms with Gasteiger partial charge in [-0.1, -0.05) is 23.9 Å². The van der Waals surface area contributed by atoms with Crippen LogP contribution in [0.1, 0.15) is 40.7 Å². The van der Waals surface area contributed by atoms with Crippen LogP contribution in [0.3, 0.4) is 0 Å². The molecule has 5 rings (SSSR count). The van der Waals surface area contributed by atoms with E-state index in [-0.39, 0.29) is 18.5 Å². The average Bonchev–Trinajstić information content (AvgIpc) is 3.55. The summed E-state index contributed by atoms with van der Waals surface area (Å²) in [5.74, 6) is -0.513. The smallest absolute Gasteiger partial charge is 0.382 e. The maximum absolute atomic E-state index is 13.9. The van der Waals surface area contributed by atoms with Crippen molar-refractivity contribution in [2.24, 2.45) is 0 Å². The lowest BCUT2D eigenvalue weighted by atomic mass is 10.0. The highest BCUT2D eigenvalue weighted by Gasteiger charge is 2.27. The van der Waals surface area contributed by atoms with Crippen LogP contribution in [0.4, 0.5) is 23.2 Å². The minimum absolute atomic E-state index is 0.117. The largest absolute Gasteiger partial charge is 0.390 e. The molecule has 1 saturated carbocycles. The summed E-state index contributed by atoms with van der Waals surface area (Å²) in [5.41, 5.74) is 4.28. The number of aromatic nitrogens is 3. The average molecular weight is 544 g/mol. The van der Waals surface area contributed by atoms with Gasteiger partial charge in [-0.15, -0.1) is 0 Å². The zero-order chi connectivity index (χ0) is 27.0. The number of alkyl halides is 3. The summed E-state index contributed by atoms with van der Waals surface area (Å²) in [4.78, 5) is 17.6. The number of anilines is 1. The summed E-state index contributed by atoms with van der Waals surface area (Å²) >= 11 is 1.21. The van der Waals surface area contributed by atoms with Crippen LogP contribution in [0, 0.1) is 19.7 Å². The topological polar surface area (TPSA) is 71.3 Å². The van der Waals surface area contributed by atoms with Gasteiger partial charge in [-0.2, -0.15) is 18.3 Å². The summed E-state index contributed by atoms with van der Waals surface area (Å²) in [6, 6.07) is 11.7. The second-order valence-corrected chi connectivity index (χ2v) is 10.4. The molecule has 1 fully saturated rings. The van der Waals surface area contributed by atoms with Crippen LogP contribution in [0.5, 0.6) is 0 Å². The number of fused-ring (bicyclic) bond motifs is 1. The summed E-state index contributed by atoms with van der Waals surface area (Å²) in [5, 5.41) is 11.0. The molecule has 1 aliphatic rings. The molecule has 2 aromatic heterocycles. The molecule has 198 valence electrons. The molecular formula is C27H25F4N5OS. The lowest BCUT2D eigenvalue weighted by Crippen LogP contribution is -2.26. The molecule has 2 heterocycles. The summed E-state index contributed by atoms with van der Waals surface area (Å²) in [6.07, 6.45) is -1.74. The molecule has 0 aliphatic heterocycles. The van der Waals surface area contributed by atoms with Gasteiger partial charge < -0.3 is 10.6 Å². The second-order valence-electron chi connectivity index (χ2n) is 9.36. The van der Waals surface area contributed by atoms with Gasteiger partial charge in [0, 0.05) is 28.6 Å². The fourth-order valence-corrected chi connectivity index (χ4v) is 4.95. The van der Waals surface area contributed by atoms with Gasteiger partial charge in [0.2, 0.25) is 0 Å². The maximum atomic E-state index is 13.9. The van der Waals surface area contributed by atoms with Crippen molar-refractivity contribution in [3.8, 4) is 11.3 Å². The Morgan fingerprint density at radius 1 is 1.11 bits per heavy atom. The van der Waals surface area contributed by atoms with Crippen molar-refractivity contribution in [3.05, 3.63) is 71.2 Å².